The van der Waals surface area contributed by atoms with E-state index in [-0.39, 0.29) is 33.5 Å². The number of hydrogen-bond acceptors (Lipinski definition) is 5. The molecule has 62 heavy (non-hydrogen) atoms. The number of para-hydroxylation sites is 3. The van der Waals surface area contributed by atoms with Crippen molar-refractivity contribution in [2.45, 2.75) is 118 Å². The molecule has 1 aliphatic heterocycles. The molecule has 4 heterocycles. The van der Waals surface area contributed by atoms with E-state index in [0.29, 0.717) is 17.7 Å². The minimum Gasteiger partial charge on any atom is -0.440 e. The second kappa shape index (κ2) is 16.8. The molecule has 0 amide bonds. The average Bonchev–Trinajstić information content (AvgIpc) is 3.99. The molecule has 7 nitrogen and oxygen atoms in total. The molecule has 9 heteroatoms. The molecule has 0 radical (unpaired) electrons. The summed E-state index contributed by atoms with van der Waals surface area (Å²) in [6.45, 7) is 29.5. The topological polar surface area (TPSA) is 64.2 Å². The van der Waals surface area contributed by atoms with Gasteiger partial charge in [0.1, 0.15) is 11.6 Å². The molecule has 0 N–H and O–H groups in total. The third kappa shape index (κ3) is 7.67. The van der Waals surface area contributed by atoms with Gasteiger partial charge in [-0.1, -0.05) is 166 Å². The van der Waals surface area contributed by atoms with Crippen molar-refractivity contribution >= 4 is 35.3 Å². The van der Waals surface area contributed by atoms with Crippen LogP contribution in [0.2, 0.25) is 0 Å². The third-order valence-electron chi connectivity index (χ3n) is 13.4. The van der Waals surface area contributed by atoms with Crippen LogP contribution in [0.5, 0.6) is 0 Å². The fourth-order valence-corrected chi connectivity index (χ4v) is 8.97. The summed E-state index contributed by atoms with van der Waals surface area (Å²) in [6.07, 6.45) is 5.75. The van der Waals surface area contributed by atoms with Crippen LogP contribution in [0, 0.1) is 19.9 Å². The molecule has 0 bridgehead atoms. The molecule has 4 aromatic carbocycles. The van der Waals surface area contributed by atoms with Gasteiger partial charge in [-0.25, -0.2) is 9.97 Å². The molecule has 0 atom stereocenters. The molecule has 0 unspecified atom stereocenters. The number of anilines is 4. The van der Waals surface area contributed by atoms with Crippen LogP contribution in [0.4, 0.5) is 22.9 Å². The largest absolute Gasteiger partial charge is 2.00 e. The maximum atomic E-state index is 5.79. The molecular formula is C53H60BN7Pt. The first-order valence-corrected chi connectivity index (χ1v) is 21.8. The van der Waals surface area contributed by atoms with Crippen molar-refractivity contribution in [1.82, 2.24) is 24.5 Å². The predicted molar refractivity (Wildman–Crippen MR) is 255 cm³/mol. The molecule has 320 valence electrons. The van der Waals surface area contributed by atoms with Crippen molar-refractivity contribution in [3.05, 3.63) is 161 Å². The van der Waals surface area contributed by atoms with Crippen molar-refractivity contribution in [3.8, 4) is 17.3 Å². The SMILES string of the molecule is Cc1cccc(C)c1B1N(c2cc(C(C)(C)C)cc(C(C)(C)C(C)(C)c3cn(-c4c(C(C)C)cccc4C(C)C)c(-c4ncc[n-]4)n3)n2)c2[c-]cccc2N1c1ccccc1.[Pt+2]. The second-order valence-electron chi connectivity index (χ2n) is 19.6. The van der Waals surface area contributed by atoms with Crippen molar-refractivity contribution in [1.29, 1.82) is 0 Å². The van der Waals surface area contributed by atoms with Crippen LogP contribution in [0.15, 0.2) is 116 Å². The Labute approximate surface area is 384 Å². The van der Waals surface area contributed by atoms with E-state index in [9.17, 15) is 0 Å². The van der Waals surface area contributed by atoms with E-state index in [2.05, 4.69) is 207 Å². The first kappa shape index (κ1) is 44.8. The van der Waals surface area contributed by atoms with Gasteiger partial charge in [-0.2, -0.15) is 18.2 Å². The smallest absolute Gasteiger partial charge is 0.440 e. The summed E-state index contributed by atoms with van der Waals surface area (Å²) in [7, 11) is 0. The fraction of sp³-hybridized carbons (Fsp3) is 0.340. The Bertz CT molecular complexity index is 2640. The van der Waals surface area contributed by atoms with E-state index in [1.54, 1.807) is 12.4 Å². The molecule has 0 aliphatic carbocycles. The zero-order valence-electron chi connectivity index (χ0n) is 38.6. The average molecular weight is 1000 g/mol. The van der Waals surface area contributed by atoms with Gasteiger partial charge in [-0.15, -0.1) is 6.07 Å². The standard InChI is InChI=1S/C53H60BN7.Pt/c1-34(2)40-25-20-26-41(35(3)4)48(40)59-33-45(58-50(59)49-55-29-30-56-49)53(12,13)52(10,11)44-31-38(51(7,8)9)32-46(57-44)61-43-28-18-17-27-42(43)60(39-23-15-14-16-24-39)54(61)47-36(5)21-19-22-37(47)6;/h14-27,29-35H,1-13H3;/q-2;+2. The fourth-order valence-electron chi connectivity index (χ4n) is 8.97. The van der Waals surface area contributed by atoms with Crippen LogP contribution in [0.1, 0.15) is 127 Å². The van der Waals surface area contributed by atoms with Gasteiger partial charge in [-0.3, -0.25) is 4.57 Å². The van der Waals surface area contributed by atoms with Crippen LogP contribution >= 0.6 is 0 Å². The number of nitrogens with zero attached hydrogens (tertiary/aromatic N) is 7. The van der Waals surface area contributed by atoms with E-state index < -0.39 is 10.8 Å². The summed E-state index contributed by atoms with van der Waals surface area (Å²) in [4.78, 5) is 25.6. The van der Waals surface area contributed by atoms with Gasteiger partial charge in [-0.05, 0) is 83.3 Å². The van der Waals surface area contributed by atoms with Crippen LogP contribution < -0.4 is 20.1 Å². The van der Waals surface area contributed by atoms with E-state index in [1.165, 1.54) is 39.0 Å². The number of rotatable bonds is 10. The second-order valence-corrected chi connectivity index (χ2v) is 19.6. The monoisotopic (exact) mass is 1000 g/mol. The number of benzene rings is 4. The summed E-state index contributed by atoms with van der Waals surface area (Å²) in [5.74, 6) is 2.87. The van der Waals surface area contributed by atoms with Gasteiger partial charge in [0, 0.05) is 28.4 Å². The van der Waals surface area contributed by atoms with Gasteiger partial charge in [0.15, 0.2) is 0 Å². The van der Waals surface area contributed by atoms with Gasteiger partial charge in [0.25, 0.3) is 0 Å². The number of pyridine rings is 1. The van der Waals surface area contributed by atoms with E-state index >= 15 is 0 Å². The van der Waals surface area contributed by atoms with Gasteiger partial charge in [0.2, 0.25) is 0 Å². The van der Waals surface area contributed by atoms with E-state index in [4.69, 9.17) is 19.9 Å². The Morgan fingerprint density at radius 2 is 1.32 bits per heavy atom. The van der Waals surface area contributed by atoms with Gasteiger partial charge >= 0.3 is 28.0 Å². The molecule has 7 aromatic rings. The van der Waals surface area contributed by atoms with E-state index in [1.807, 2.05) is 6.07 Å². The Balaban J connectivity index is 0.00000578. The quantitative estimate of drug-likeness (QED) is 0.100. The summed E-state index contributed by atoms with van der Waals surface area (Å²) < 4.78 is 2.27. The van der Waals surface area contributed by atoms with Crippen LogP contribution in [0.3, 0.4) is 0 Å². The maximum absolute atomic E-state index is 5.79. The Morgan fingerprint density at radius 1 is 0.694 bits per heavy atom. The number of hydrogen-bond donors (Lipinski definition) is 0. The normalized spacial score (nSPS) is 13.3. The number of imidazole rings is 2. The summed E-state index contributed by atoms with van der Waals surface area (Å²) in [5.41, 5.74) is 12.6. The number of fused-ring (bicyclic) bond motifs is 1. The maximum Gasteiger partial charge on any atom is 2.00 e. The zero-order valence-corrected chi connectivity index (χ0v) is 40.9. The minimum absolute atomic E-state index is 0. The third-order valence-corrected chi connectivity index (χ3v) is 13.4. The molecule has 0 fully saturated rings. The van der Waals surface area contributed by atoms with Crippen molar-refractivity contribution in [2.24, 2.45) is 0 Å². The van der Waals surface area contributed by atoms with Gasteiger partial charge < -0.3 is 19.6 Å². The molecular weight excluding hydrogens is 941 g/mol. The molecule has 0 saturated heterocycles. The number of aromatic nitrogens is 5. The van der Waals surface area contributed by atoms with Gasteiger partial charge in [0.05, 0.1) is 11.4 Å². The van der Waals surface area contributed by atoms with Crippen molar-refractivity contribution in [2.75, 3.05) is 9.62 Å². The van der Waals surface area contributed by atoms with Crippen LogP contribution in [-0.2, 0) is 37.3 Å². The molecule has 8 rings (SSSR count). The van der Waals surface area contributed by atoms with Crippen molar-refractivity contribution in [3.63, 3.8) is 0 Å². The van der Waals surface area contributed by atoms with Crippen LogP contribution in [-0.4, -0.2) is 26.5 Å². The minimum atomic E-state index is -0.513. The van der Waals surface area contributed by atoms with Crippen molar-refractivity contribution < 1.29 is 21.1 Å². The molecule has 1 aliphatic rings. The number of aryl methyl sites for hydroxylation is 2. The van der Waals surface area contributed by atoms with Crippen LogP contribution in [0.25, 0.3) is 17.3 Å². The summed E-state index contributed by atoms with van der Waals surface area (Å²) in [6, 6.07) is 38.7. The Hall–Kier alpha value is -5.20. The van der Waals surface area contributed by atoms with E-state index in [0.717, 1.165) is 40.1 Å². The zero-order chi connectivity index (χ0) is 43.6. The summed E-state index contributed by atoms with van der Waals surface area (Å²) in [5, 5.41) is 0. The Morgan fingerprint density at radius 3 is 1.92 bits per heavy atom. The molecule has 0 saturated carbocycles. The predicted octanol–water partition coefficient (Wildman–Crippen LogP) is 12.2. The Kier molecular flexibility index (Phi) is 12.2. The summed E-state index contributed by atoms with van der Waals surface area (Å²) >= 11 is 0. The first-order chi connectivity index (χ1) is 28.9. The first-order valence-electron chi connectivity index (χ1n) is 21.8. The molecule has 3 aromatic heterocycles. The molecule has 0 spiro atoms.